The lowest BCUT2D eigenvalue weighted by Crippen LogP contribution is -2.36. The van der Waals surface area contributed by atoms with Gasteiger partial charge >= 0.3 is 6.03 Å². The maximum atomic E-state index is 14.0. The minimum Gasteiger partial charge on any atom is -0.497 e. The molecular weight excluding hydrogens is 522 g/mol. The summed E-state index contributed by atoms with van der Waals surface area (Å²) >= 11 is 6.63. The third-order valence-corrected chi connectivity index (χ3v) is 7.24. The van der Waals surface area contributed by atoms with Crippen LogP contribution in [0.1, 0.15) is 28.7 Å². The fourth-order valence-corrected chi connectivity index (χ4v) is 5.10. The van der Waals surface area contributed by atoms with Gasteiger partial charge in [0, 0.05) is 41.5 Å². The van der Waals surface area contributed by atoms with Crippen LogP contribution in [0.15, 0.2) is 103 Å². The van der Waals surface area contributed by atoms with Crippen LogP contribution in [-0.4, -0.2) is 30.5 Å². The van der Waals surface area contributed by atoms with Gasteiger partial charge in [-0.2, -0.15) is 0 Å². The SMILES string of the molecule is COc1ccc(CNC(=O)Nc2ccccc2C2=C(c3ccccc3Cl)C(=O)N(Cc3ccccc3)CC2)cc1. The van der Waals surface area contributed by atoms with E-state index in [2.05, 4.69) is 10.6 Å². The molecule has 40 heavy (non-hydrogen) atoms. The predicted octanol–water partition coefficient (Wildman–Crippen LogP) is 7.01. The van der Waals surface area contributed by atoms with E-state index < -0.39 is 0 Å². The first kappa shape index (κ1) is 27.0. The Morgan fingerprint density at radius 3 is 2.25 bits per heavy atom. The summed E-state index contributed by atoms with van der Waals surface area (Å²) in [6.45, 7) is 1.42. The highest BCUT2D eigenvalue weighted by atomic mass is 35.5. The zero-order valence-corrected chi connectivity index (χ0v) is 22.9. The first-order valence-electron chi connectivity index (χ1n) is 13.1. The molecule has 5 rings (SSSR count). The van der Waals surface area contributed by atoms with Crippen LogP contribution in [0.5, 0.6) is 5.75 Å². The van der Waals surface area contributed by atoms with Gasteiger partial charge in [0.1, 0.15) is 5.75 Å². The number of anilines is 1. The number of ether oxygens (including phenoxy) is 1. The highest BCUT2D eigenvalue weighted by Gasteiger charge is 2.31. The van der Waals surface area contributed by atoms with E-state index in [4.69, 9.17) is 16.3 Å². The first-order valence-corrected chi connectivity index (χ1v) is 13.5. The molecule has 0 saturated heterocycles. The first-order chi connectivity index (χ1) is 19.5. The van der Waals surface area contributed by atoms with Gasteiger partial charge in [-0.1, -0.05) is 90.5 Å². The number of nitrogens with one attached hydrogen (secondary N) is 2. The van der Waals surface area contributed by atoms with Crippen LogP contribution in [0.2, 0.25) is 5.02 Å². The fourth-order valence-electron chi connectivity index (χ4n) is 4.87. The van der Waals surface area contributed by atoms with Crippen LogP contribution in [-0.2, 0) is 17.9 Å². The largest absolute Gasteiger partial charge is 0.497 e. The van der Waals surface area contributed by atoms with E-state index >= 15 is 0 Å². The zero-order chi connectivity index (χ0) is 27.9. The Hall–Kier alpha value is -4.55. The number of benzene rings is 4. The topological polar surface area (TPSA) is 70.7 Å². The second-order valence-electron chi connectivity index (χ2n) is 9.50. The van der Waals surface area contributed by atoms with Gasteiger partial charge in [-0.15, -0.1) is 0 Å². The number of nitrogens with zero attached hydrogens (tertiary/aromatic N) is 1. The summed E-state index contributed by atoms with van der Waals surface area (Å²) in [7, 11) is 1.62. The van der Waals surface area contributed by atoms with Gasteiger partial charge in [0.2, 0.25) is 0 Å². The predicted molar refractivity (Wildman–Crippen MR) is 160 cm³/mol. The minimum atomic E-state index is -0.337. The van der Waals surface area contributed by atoms with Crippen molar-refractivity contribution in [3.05, 3.63) is 130 Å². The smallest absolute Gasteiger partial charge is 0.319 e. The summed E-state index contributed by atoms with van der Waals surface area (Å²) in [6.07, 6.45) is 0.616. The maximum Gasteiger partial charge on any atom is 0.319 e. The third kappa shape index (κ3) is 6.19. The van der Waals surface area contributed by atoms with Crippen LogP contribution >= 0.6 is 11.6 Å². The normalized spacial score (nSPS) is 13.2. The molecule has 7 heteroatoms. The summed E-state index contributed by atoms with van der Waals surface area (Å²) in [5.74, 6) is 0.672. The van der Waals surface area contributed by atoms with Crippen molar-refractivity contribution in [3.63, 3.8) is 0 Å². The molecule has 0 radical (unpaired) electrons. The molecular formula is C33H30ClN3O3. The van der Waals surface area contributed by atoms with Gasteiger partial charge in [-0.05, 0) is 47.4 Å². The lowest BCUT2D eigenvalue weighted by atomic mass is 9.87. The molecule has 1 aliphatic heterocycles. The summed E-state index contributed by atoms with van der Waals surface area (Å²) < 4.78 is 5.20. The number of urea groups is 1. The van der Waals surface area contributed by atoms with E-state index in [1.165, 1.54) is 0 Å². The number of para-hydroxylation sites is 1. The van der Waals surface area contributed by atoms with E-state index in [0.29, 0.717) is 47.9 Å². The van der Waals surface area contributed by atoms with Crippen molar-refractivity contribution in [1.82, 2.24) is 10.2 Å². The summed E-state index contributed by atoms with van der Waals surface area (Å²) in [6, 6.07) is 32.1. The summed E-state index contributed by atoms with van der Waals surface area (Å²) in [5, 5.41) is 6.40. The number of carbonyl (C=O) groups is 2. The van der Waals surface area contributed by atoms with Crippen LogP contribution in [0.4, 0.5) is 10.5 Å². The summed E-state index contributed by atoms with van der Waals surface area (Å²) in [4.78, 5) is 28.8. The number of carbonyl (C=O) groups excluding carboxylic acids is 2. The molecule has 0 fully saturated rings. The number of halogens is 1. The van der Waals surface area contributed by atoms with E-state index in [1.807, 2.05) is 102 Å². The number of hydrogen-bond acceptors (Lipinski definition) is 3. The Morgan fingerprint density at radius 1 is 0.850 bits per heavy atom. The molecule has 0 bridgehead atoms. The lowest BCUT2D eigenvalue weighted by molar-refractivity contribution is -0.125. The molecule has 0 unspecified atom stereocenters. The van der Waals surface area contributed by atoms with Crippen molar-refractivity contribution < 1.29 is 14.3 Å². The van der Waals surface area contributed by atoms with E-state index in [0.717, 1.165) is 28.0 Å². The second kappa shape index (κ2) is 12.5. The van der Waals surface area contributed by atoms with Crippen LogP contribution in [0, 0.1) is 0 Å². The molecule has 0 saturated carbocycles. The van der Waals surface area contributed by atoms with Crippen LogP contribution < -0.4 is 15.4 Å². The monoisotopic (exact) mass is 551 g/mol. The highest BCUT2D eigenvalue weighted by Crippen LogP contribution is 2.40. The molecule has 0 spiro atoms. The molecule has 2 N–H and O–H groups in total. The Kier molecular flexibility index (Phi) is 8.47. The van der Waals surface area contributed by atoms with E-state index in [9.17, 15) is 9.59 Å². The Bertz CT molecular complexity index is 1530. The van der Waals surface area contributed by atoms with Gasteiger partial charge in [0.15, 0.2) is 0 Å². The van der Waals surface area contributed by atoms with E-state index in [1.54, 1.807) is 13.2 Å². The molecule has 1 aliphatic rings. The molecule has 202 valence electrons. The van der Waals surface area contributed by atoms with Crippen LogP contribution in [0.3, 0.4) is 0 Å². The molecule has 6 nitrogen and oxygen atoms in total. The average molecular weight is 552 g/mol. The Labute approximate surface area is 239 Å². The van der Waals surface area contributed by atoms with Crippen molar-refractivity contribution in [2.75, 3.05) is 19.0 Å². The number of rotatable bonds is 8. The second-order valence-corrected chi connectivity index (χ2v) is 9.90. The Balaban J connectivity index is 1.44. The van der Waals surface area contributed by atoms with Crippen molar-refractivity contribution in [1.29, 1.82) is 0 Å². The zero-order valence-electron chi connectivity index (χ0n) is 22.2. The molecule has 0 aromatic heterocycles. The van der Waals surface area contributed by atoms with Gasteiger partial charge in [0.05, 0.1) is 12.7 Å². The van der Waals surface area contributed by atoms with Crippen molar-refractivity contribution in [2.45, 2.75) is 19.5 Å². The van der Waals surface area contributed by atoms with Gasteiger partial charge < -0.3 is 20.3 Å². The molecule has 4 aromatic rings. The molecule has 0 atom stereocenters. The van der Waals surface area contributed by atoms with E-state index in [-0.39, 0.29) is 11.9 Å². The fraction of sp³-hybridized carbons (Fsp3) is 0.152. The third-order valence-electron chi connectivity index (χ3n) is 6.91. The Morgan fingerprint density at radius 2 is 1.52 bits per heavy atom. The van der Waals surface area contributed by atoms with Crippen molar-refractivity contribution in [3.8, 4) is 5.75 Å². The van der Waals surface area contributed by atoms with Crippen molar-refractivity contribution >= 4 is 40.4 Å². The van der Waals surface area contributed by atoms with Gasteiger partial charge in [-0.3, -0.25) is 4.79 Å². The summed E-state index contributed by atoms with van der Waals surface area (Å²) in [5.41, 5.74) is 5.52. The van der Waals surface area contributed by atoms with Crippen LogP contribution in [0.25, 0.3) is 11.1 Å². The average Bonchev–Trinajstić information content (AvgIpc) is 2.99. The molecule has 0 aliphatic carbocycles. The lowest BCUT2D eigenvalue weighted by Gasteiger charge is -2.32. The molecule has 3 amide bonds. The van der Waals surface area contributed by atoms with Crippen molar-refractivity contribution in [2.24, 2.45) is 0 Å². The molecule has 4 aromatic carbocycles. The maximum absolute atomic E-state index is 14.0. The number of amides is 3. The quantitative estimate of drug-likeness (QED) is 0.247. The molecule has 1 heterocycles. The van der Waals surface area contributed by atoms with Gasteiger partial charge in [-0.25, -0.2) is 4.79 Å². The minimum absolute atomic E-state index is 0.0861. The number of methoxy groups -OCH3 is 1. The number of hydrogen-bond donors (Lipinski definition) is 2. The highest BCUT2D eigenvalue weighted by molar-refractivity contribution is 6.37. The standard InChI is InChI=1S/C33H30ClN3O3/c1-40-25-17-15-23(16-18-25)21-35-33(39)36-30-14-8-6-11-26(30)27-19-20-37(22-24-9-3-2-4-10-24)32(38)31(27)28-12-5-7-13-29(28)34/h2-18H,19-22H2,1H3,(H2,35,36,39). The van der Waals surface area contributed by atoms with Gasteiger partial charge in [0.25, 0.3) is 5.91 Å².